The van der Waals surface area contributed by atoms with Crippen molar-refractivity contribution in [1.82, 2.24) is 15.0 Å². The molecule has 5 nitrogen and oxygen atoms in total. The third kappa shape index (κ3) is 4.90. The van der Waals surface area contributed by atoms with Gasteiger partial charge in [-0.2, -0.15) is 0 Å². The first-order valence-electron chi connectivity index (χ1n) is 18.0. The largest absolute Gasteiger partial charge is 0.455 e. The van der Waals surface area contributed by atoms with E-state index in [-0.39, 0.29) is 0 Å². The Morgan fingerprint density at radius 2 is 0.870 bits per heavy atom. The lowest BCUT2D eigenvalue weighted by Crippen LogP contribution is -1.96. The standard InChI is InChI=1S/C49H29N3O2/c1-2-12-31(13-3-1)41-29-42(32-26-24-30(25-27-32)35-20-11-21-38-36-16-6-8-22-43(36)53-47(35)38)51-49(50-41)34-15-10-14-33(28-34)45-37-17-4-5-18-39(37)48-46(52-45)40-19-7-9-23-44(40)54-48/h1-29H. The lowest BCUT2D eigenvalue weighted by atomic mass is 9.99. The van der Waals surface area contributed by atoms with Crippen LogP contribution >= 0.6 is 0 Å². The molecule has 0 spiro atoms. The molecule has 0 amide bonds. The van der Waals surface area contributed by atoms with Crippen molar-refractivity contribution in [3.63, 3.8) is 0 Å². The molecule has 7 aromatic carbocycles. The number of fused-ring (bicyclic) bond motifs is 8. The zero-order valence-electron chi connectivity index (χ0n) is 28.9. The van der Waals surface area contributed by atoms with Gasteiger partial charge in [0.1, 0.15) is 22.3 Å². The number of hydrogen-bond donors (Lipinski definition) is 0. The second kappa shape index (κ2) is 12.1. The first-order chi connectivity index (χ1) is 26.7. The van der Waals surface area contributed by atoms with Crippen molar-refractivity contribution >= 4 is 54.8 Å². The maximum Gasteiger partial charge on any atom is 0.161 e. The molecule has 4 aromatic heterocycles. The Bertz CT molecular complexity index is 3210. The van der Waals surface area contributed by atoms with E-state index in [1.54, 1.807) is 0 Å². The van der Waals surface area contributed by atoms with Crippen molar-refractivity contribution < 1.29 is 8.83 Å². The number of aromatic nitrogens is 3. The van der Waals surface area contributed by atoms with Crippen LogP contribution in [0.15, 0.2) is 185 Å². The Balaban J connectivity index is 1.04. The normalized spacial score (nSPS) is 11.7. The Morgan fingerprint density at radius 3 is 1.67 bits per heavy atom. The molecule has 0 fully saturated rings. The summed E-state index contributed by atoms with van der Waals surface area (Å²) in [6.45, 7) is 0. The first-order valence-corrected chi connectivity index (χ1v) is 18.0. The summed E-state index contributed by atoms with van der Waals surface area (Å²) in [5, 5.41) is 5.29. The van der Waals surface area contributed by atoms with Crippen LogP contribution in [0.1, 0.15) is 0 Å². The quantitative estimate of drug-likeness (QED) is 0.180. The number of pyridine rings is 1. The second-order valence-corrected chi connectivity index (χ2v) is 13.5. The smallest absolute Gasteiger partial charge is 0.161 e. The summed E-state index contributed by atoms with van der Waals surface area (Å²) in [5.74, 6) is 0.642. The third-order valence-electron chi connectivity index (χ3n) is 10.3. The number of rotatable bonds is 5. The average Bonchev–Trinajstić information content (AvgIpc) is 3.83. The molecule has 0 aliphatic heterocycles. The summed E-state index contributed by atoms with van der Waals surface area (Å²) in [6.07, 6.45) is 0. The zero-order chi connectivity index (χ0) is 35.6. The van der Waals surface area contributed by atoms with Crippen molar-refractivity contribution in [1.29, 1.82) is 0 Å². The summed E-state index contributed by atoms with van der Waals surface area (Å²) in [5.41, 5.74) is 12.9. The van der Waals surface area contributed by atoms with Crippen molar-refractivity contribution in [2.24, 2.45) is 0 Å². The molecule has 0 saturated heterocycles. The predicted octanol–water partition coefficient (Wildman–Crippen LogP) is 13.2. The second-order valence-electron chi connectivity index (χ2n) is 13.5. The van der Waals surface area contributed by atoms with Crippen LogP contribution in [-0.2, 0) is 0 Å². The van der Waals surface area contributed by atoms with Crippen LogP contribution in [0.25, 0.3) is 111 Å². The summed E-state index contributed by atoms with van der Waals surface area (Å²) in [6, 6.07) is 60.2. The van der Waals surface area contributed by atoms with E-state index in [0.717, 1.165) is 105 Å². The maximum atomic E-state index is 6.35. The molecular weight excluding hydrogens is 663 g/mol. The van der Waals surface area contributed by atoms with Crippen molar-refractivity contribution in [2.75, 3.05) is 0 Å². The fourth-order valence-corrected chi connectivity index (χ4v) is 7.69. The molecule has 0 unspecified atom stereocenters. The highest BCUT2D eigenvalue weighted by Crippen LogP contribution is 2.39. The van der Waals surface area contributed by atoms with E-state index in [2.05, 4.69) is 115 Å². The van der Waals surface area contributed by atoms with E-state index in [0.29, 0.717) is 5.82 Å². The van der Waals surface area contributed by atoms with Gasteiger partial charge >= 0.3 is 0 Å². The summed E-state index contributed by atoms with van der Waals surface area (Å²) in [7, 11) is 0. The molecule has 252 valence electrons. The molecule has 0 radical (unpaired) electrons. The Hall–Kier alpha value is -7.37. The van der Waals surface area contributed by atoms with Crippen LogP contribution in [0.4, 0.5) is 0 Å². The van der Waals surface area contributed by atoms with Crippen LogP contribution in [0.5, 0.6) is 0 Å². The summed E-state index contributed by atoms with van der Waals surface area (Å²) >= 11 is 0. The molecule has 0 atom stereocenters. The molecule has 0 aliphatic rings. The van der Waals surface area contributed by atoms with Gasteiger partial charge in [-0.3, -0.25) is 0 Å². The fourth-order valence-electron chi connectivity index (χ4n) is 7.69. The topological polar surface area (TPSA) is 65.0 Å². The minimum atomic E-state index is 0.642. The first kappa shape index (κ1) is 30.3. The Labute approximate surface area is 309 Å². The third-order valence-corrected chi connectivity index (χ3v) is 10.3. The highest BCUT2D eigenvalue weighted by atomic mass is 16.3. The monoisotopic (exact) mass is 691 g/mol. The zero-order valence-corrected chi connectivity index (χ0v) is 28.9. The molecule has 11 aromatic rings. The number of furan rings is 2. The van der Waals surface area contributed by atoms with Gasteiger partial charge in [0.15, 0.2) is 11.4 Å². The Morgan fingerprint density at radius 1 is 0.333 bits per heavy atom. The number of nitrogens with zero attached hydrogens (tertiary/aromatic N) is 3. The predicted molar refractivity (Wildman–Crippen MR) is 219 cm³/mol. The molecule has 0 saturated carbocycles. The van der Waals surface area contributed by atoms with E-state index < -0.39 is 0 Å². The lowest BCUT2D eigenvalue weighted by Gasteiger charge is -2.12. The van der Waals surface area contributed by atoms with Crippen molar-refractivity contribution in [2.45, 2.75) is 0 Å². The van der Waals surface area contributed by atoms with Crippen molar-refractivity contribution in [3.8, 4) is 56.3 Å². The average molecular weight is 692 g/mol. The fraction of sp³-hybridized carbons (Fsp3) is 0. The molecule has 0 bridgehead atoms. The molecule has 0 N–H and O–H groups in total. The van der Waals surface area contributed by atoms with Gasteiger partial charge in [-0.25, -0.2) is 15.0 Å². The van der Waals surface area contributed by atoms with Gasteiger partial charge in [0.2, 0.25) is 0 Å². The summed E-state index contributed by atoms with van der Waals surface area (Å²) < 4.78 is 12.7. The molecule has 4 heterocycles. The minimum absolute atomic E-state index is 0.642. The van der Waals surface area contributed by atoms with Gasteiger partial charge in [0.25, 0.3) is 0 Å². The molecular formula is C49H29N3O2. The van der Waals surface area contributed by atoms with E-state index >= 15 is 0 Å². The molecule has 0 aliphatic carbocycles. The molecule has 11 rings (SSSR count). The SMILES string of the molecule is c1ccc(-c2cc(-c3ccc(-c4cccc5c4oc4ccccc45)cc3)nc(-c3cccc(-c4nc5c6ccccc6oc5c5ccccc45)c3)n2)cc1. The van der Waals surface area contributed by atoms with Crippen LogP contribution in [-0.4, -0.2) is 15.0 Å². The highest BCUT2D eigenvalue weighted by Gasteiger charge is 2.18. The van der Waals surface area contributed by atoms with Gasteiger partial charge in [-0.15, -0.1) is 0 Å². The van der Waals surface area contributed by atoms with Crippen LogP contribution in [0.2, 0.25) is 0 Å². The minimum Gasteiger partial charge on any atom is -0.455 e. The van der Waals surface area contributed by atoms with Gasteiger partial charge in [-0.1, -0.05) is 146 Å². The lowest BCUT2D eigenvalue weighted by molar-refractivity contribution is 0.670. The van der Waals surface area contributed by atoms with Gasteiger partial charge in [0, 0.05) is 54.7 Å². The van der Waals surface area contributed by atoms with Crippen molar-refractivity contribution in [3.05, 3.63) is 176 Å². The molecule has 5 heteroatoms. The van der Waals surface area contributed by atoms with Gasteiger partial charge < -0.3 is 8.83 Å². The maximum absolute atomic E-state index is 6.35. The van der Waals surface area contributed by atoms with Crippen LogP contribution in [0.3, 0.4) is 0 Å². The van der Waals surface area contributed by atoms with E-state index in [1.165, 1.54) is 0 Å². The number of para-hydroxylation sites is 3. The number of hydrogen-bond acceptors (Lipinski definition) is 5. The van der Waals surface area contributed by atoms with Crippen LogP contribution < -0.4 is 0 Å². The van der Waals surface area contributed by atoms with E-state index in [9.17, 15) is 0 Å². The Kier molecular flexibility index (Phi) is 6.79. The number of benzene rings is 7. The van der Waals surface area contributed by atoms with E-state index in [4.69, 9.17) is 23.8 Å². The highest BCUT2D eigenvalue weighted by molar-refractivity contribution is 6.16. The van der Waals surface area contributed by atoms with E-state index in [1.807, 2.05) is 60.7 Å². The molecule has 54 heavy (non-hydrogen) atoms. The summed E-state index contributed by atoms with van der Waals surface area (Å²) in [4.78, 5) is 15.6. The van der Waals surface area contributed by atoms with Gasteiger partial charge in [-0.05, 0) is 35.9 Å². The van der Waals surface area contributed by atoms with Gasteiger partial charge in [0.05, 0.1) is 17.1 Å². The van der Waals surface area contributed by atoms with Crippen LogP contribution in [0, 0.1) is 0 Å².